The van der Waals surface area contributed by atoms with Gasteiger partial charge in [-0.1, -0.05) is 18.9 Å². The first-order chi connectivity index (χ1) is 10.7. The Morgan fingerprint density at radius 3 is 3.18 bits per heavy atom. The van der Waals surface area contributed by atoms with Gasteiger partial charge in [-0.25, -0.2) is 4.98 Å². The number of hydrogen-bond acceptors (Lipinski definition) is 5. The number of hydrogen-bond donors (Lipinski definition) is 1. The highest BCUT2D eigenvalue weighted by atomic mass is 32.1. The number of likely N-dealkylation sites (tertiary alicyclic amines) is 1. The van der Waals surface area contributed by atoms with Crippen LogP contribution in [0.1, 0.15) is 37.0 Å². The van der Waals surface area contributed by atoms with Crippen LogP contribution in [0.4, 0.5) is 0 Å². The first-order valence-electron chi connectivity index (χ1n) is 8.16. The lowest BCUT2D eigenvalue weighted by Gasteiger charge is -2.47. The van der Waals surface area contributed by atoms with Crippen molar-refractivity contribution in [1.29, 1.82) is 0 Å². The van der Waals surface area contributed by atoms with E-state index in [2.05, 4.69) is 27.4 Å². The molecular weight excluding hydrogens is 312 g/mol. The highest BCUT2D eigenvalue weighted by Gasteiger charge is 2.42. The third kappa shape index (κ3) is 2.87. The number of thiophene rings is 1. The number of aliphatic hydroxyl groups is 1. The van der Waals surface area contributed by atoms with E-state index in [0.29, 0.717) is 5.92 Å². The van der Waals surface area contributed by atoms with E-state index in [0.717, 1.165) is 37.5 Å². The predicted molar refractivity (Wildman–Crippen MR) is 92.2 cm³/mol. The Morgan fingerprint density at radius 2 is 2.32 bits per heavy atom. The molecule has 0 amide bonds. The van der Waals surface area contributed by atoms with Crippen molar-refractivity contribution in [3.63, 3.8) is 0 Å². The Morgan fingerprint density at radius 1 is 1.36 bits per heavy atom. The molecule has 0 radical (unpaired) electrons. The quantitative estimate of drug-likeness (QED) is 0.922. The normalized spacial score (nSPS) is 29.4. The van der Waals surface area contributed by atoms with Crippen molar-refractivity contribution >= 4 is 22.7 Å². The molecule has 22 heavy (non-hydrogen) atoms. The first kappa shape index (κ1) is 14.8. The van der Waals surface area contributed by atoms with Gasteiger partial charge in [0.05, 0.1) is 10.5 Å². The van der Waals surface area contributed by atoms with Crippen molar-refractivity contribution in [3.8, 4) is 9.88 Å². The van der Waals surface area contributed by atoms with Crippen LogP contribution in [-0.4, -0.2) is 33.7 Å². The van der Waals surface area contributed by atoms with Crippen molar-refractivity contribution < 1.29 is 5.11 Å². The van der Waals surface area contributed by atoms with Gasteiger partial charge in [-0.15, -0.1) is 22.7 Å². The molecular formula is C17H22N2OS2. The average molecular weight is 335 g/mol. The Kier molecular flexibility index (Phi) is 4.07. The molecule has 1 aliphatic heterocycles. The number of aromatic nitrogens is 1. The summed E-state index contributed by atoms with van der Waals surface area (Å²) < 4.78 is 0. The molecule has 3 nitrogen and oxygen atoms in total. The van der Waals surface area contributed by atoms with Crippen LogP contribution in [0.15, 0.2) is 23.7 Å². The summed E-state index contributed by atoms with van der Waals surface area (Å²) in [5.41, 5.74) is -0.370. The zero-order valence-electron chi connectivity index (χ0n) is 12.7. The van der Waals surface area contributed by atoms with Crippen LogP contribution in [0.25, 0.3) is 9.88 Å². The maximum Gasteiger partial charge on any atom is 0.133 e. The summed E-state index contributed by atoms with van der Waals surface area (Å²) >= 11 is 3.56. The topological polar surface area (TPSA) is 36.4 Å². The zero-order chi connectivity index (χ0) is 15.0. The van der Waals surface area contributed by atoms with E-state index in [4.69, 9.17) is 0 Å². The lowest BCUT2D eigenvalue weighted by molar-refractivity contribution is -0.0966. The van der Waals surface area contributed by atoms with E-state index in [-0.39, 0.29) is 5.60 Å². The van der Waals surface area contributed by atoms with Gasteiger partial charge in [-0.2, -0.15) is 0 Å². The fourth-order valence-electron chi connectivity index (χ4n) is 3.90. The summed E-state index contributed by atoms with van der Waals surface area (Å²) in [6.45, 7) is 3.04. The third-order valence-corrected chi connectivity index (χ3v) is 7.20. The minimum absolute atomic E-state index is 0.370. The van der Waals surface area contributed by atoms with Gasteiger partial charge in [0.1, 0.15) is 5.01 Å². The number of fused-ring (bicyclic) bond motifs is 1. The number of thiazole rings is 1. The molecule has 2 unspecified atom stereocenters. The Balaban J connectivity index is 1.42. The summed E-state index contributed by atoms with van der Waals surface area (Å²) in [6, 6.07) is 4.21. The van der Waals surface area contributed by atoms with Crippen molar-refractivity contribution in [2.75, 3.05) is 13.1 Å². The minimum Gasteiger partial charge on any atom is -0.390 e. The zero-order valence-corrected chi connectivity index (χ0v) is 14.3. The molecule has 1 saturated heterocycles. The van der Waals surface area contributed by atoms with Gasteiger partial charge in [0.15, 0.2) is 0 Å². The Labute approximate surface area is 139 Å². The van der Waals surface area contributed by atoms with E-state index in [1.165, 1.54) is 29.0 Å². The smallest absolute Gasteiger partial charge is 0.133 e. The van der Waals surface area contributed by atoms with Gasteiger partial charge in [0.2, 0.25) is 0 Å². The monoisotopic (exact) mass is 334 g/mol. The van der Waals surface area contributed by atoms with Gasteiger partial charge in [-0.05, 0) is 30.7 Å². The summed E-state index contributed by atoms with van der Waals surface area (Å²) in [6.07, 6.45) is 7.65. The number of piperidine rings is 1. The second-order valence-electron chi connectivity index (χ2n) is 6.64. The van der Waals surface area contributed by atoms with Crippen molar-refractivity contribution in [2.45, 2.75) is 44.2 Å². The molecule has 2 aromatic rings. The van der Waals surface area contributed by atoms with E-state index >= 15 is 0 Å². The summed E-state index contributed by atoms with van der Waals surface area (Å²) in [5, 5.41) is 14.0. The standard InChI is InChI=1S/C17H22N2OS2/c20-17-6-2-1-4-13(17)11-19(8-7-17)12-14-10-18-16(22-14)15-5-3-9-21-15/h3,5,9-10,13,20H,1-2,4,6-8,11-12H2. The van der Waals surface area contributed by atoms with Crippen LogP contribution in [0, 0.1) is 5.92 Å². The Hall–Kier alpha value is -0.750. The van der Waals surface area contributed by atoms with Gasteiger partial charge >= 0.3 is 0 Å². The molecule has 5 heteroatoms. The van der Waals surface area contributed by atoms with Crippen LogP contribution < -0.4 is 0 Å². The minimum atomic E-state index is -0.370. The number of nitrogens with zero attached hydrogens (tertiary/aromatic N) is 2. The first-order valence-corrected chi connectivity index (χ1v) is 9.86. The highest BCUT2D eigenvalue weighted by Crippen LogP contribution is 2.40. The summed E-state index contributed by atoms with van der Waals surface area (Å²) in [7, 11) is 0. The fourth-order valence-corrected chi connectivity index (χ4v) is 5.66. The maximum atomic E-state index is 10.8. The molecule has 1 saturated carbocycles. The molecule has 0 aromatic carbocycles. The van der Waals surface area contributed by atoms with Crippen molar-refractivity contribution in [1.82, 2.24) is 9.88 Å². The van der Waals surface area contributed by atoms with Crippen molar-refractivity contribution in [3.05, 3.63) is 28.6 Å². The van der Waals surface area contributed by atoms with E-state index in [9.17, 15) is 5.11 Å². The van der Waals surface area contributed by atoms with Gasteiger partial charge in [-0.3, -0.25) is 4.90 Å². The molecule has 3 heterocycles. The van der Waals surface area contributed by atoms with E-state index in [1.807, 2.05) is 17.5 Å². The molecule has 1 N–H and O–H groups in total. The van der Waals surface area contributed by atoms with Crippen LogP contribution in [0.3, 0.4) is 0 Å². The highest BCUT2D eigenvalue weighted by molar-refractivity contribution is 7.20. The van der Waals surface area contributed by atoms with Crippen LogP contribution >= 0.6 is 22.7 Å². The third-order valence-electron chi connectivity index (χ3n) is 5.18. The van der Waals surface area contributed by atoms with Crippen LogP contribution in [0.2, 0.25) is 0 Å². The molecule has 2 aromatic heterocycles. The van der Waals surface area contributed by atoms with Crippen LogP contribution in [0.5, 0.6) is 0 Å². The molecule has 0 bridgehead atoms. The maximum absolute atomic E-state index is 10.8. The summed E-state index contributed by atoms with van der Waals surface area (Å²) in [4.78, 5) is 9.68. The van der Waals surface area contributed by atoms with Crippen LogP contribution in [-0.2, 0) is 6.54 Å². The van der Waals surface area contributed by atoms with E-state index in [1.54, 1.807) is 11.3 Å². The summed E-state index contributed by atoms with van der Waals surface area (Å²) in [5.74, 6) is 0.472. The number of rotatable bonds is 3. The average Bonchev–Trinajstić information content (AvgIpc) is 3.18. The second-order valence-corrected chi connectivity index (χ2v) is 8.70. The largest absolute Gasteiger partial charge is 0.390 e. The predicted octanol–water partition coefficient (Wildman–Crippen LogP) is 4.00. The SMILES string of the molecule is OC12CCCCC1CN(Cc1cnc(-c3cccs3)s1)CC2. The van der Waals surface area contributed by atoms with Crippen molar-refractivity contribution in [2.24, 2.45) is 5.92 Å². The molecule has 0 spiro atoms. The lowest BCUT2D eigenvalue weighted by atomic mass is 9.71. The molecule has 2 atom stereocenters. The molecule has 118 valence electrons. The fraction of sp³-hybridized carbons (Fsp3) is 0.588. The Bertz CT molecular complexity index is 624. The molecule has 2 aliphatic rings. The van der Waals surface area contributed by atoms with Gasteiger partial charge in [0, 0.05) is 36.6 Å². The molecule has 1 aliphatic carbocycles. The van der Waals surface area contributed by atoms with Gasteiger partial charge < -0.3 is 5.11 Å². The lowest BCUT2D eigenvalue weighted by Crippen LogP contribution is -2.52. The van der Waals surface area contributed by atoms with Gasteiger partial charge in [0.25, 0.3) is 0 Å². The van der Waals surface area contributed by atoms with E-state index < -0.39 is 0 Å². The molecule has 2 fully saturated rings. The second kappa shape index (κ2) is 6.04. The molecule has 4 rings (SSSR count).